The largest absolute Gasteiger partial charge is 0.481 e. The molecule has 0 aromatic carbocycles. The molecule has 70 valence electrons. The molecule has 0 saturated heterocycles. The predicted octanol–water partition coefficient (Wildman–Crippen LogP) is 1.98. The molecule has 0 saturated carbocycles. The quantitative estimate of drug-likeness (QED) is 0.587. The number of ketones is 1. The Morgan fingerprint density at radius 1 is 1.42 bits per heavy atom. The highest BCUT2D eigenvalue weighted by atomic mass is 79.9. The highest BCUT2D eigenvalue weighted by Gasteiger charge is 2.15. The summed E-state index contributed by atoms with van der Waals surface area (Å²) in [5, 5.41) is 8.28. The van der Waals surface area contributed by atoms with Crippen molar-refractivity contribution in [3.63, 3.8) is 0 Å². The minimum Gasteiger partial charge on any atom is -0.481 e. The fourth-order valence-electron chi connectivity index (χ4n) is 0.694. The number of carbonyl (C=O) groups is 2. The van der Waals surface area contributed by atoms with Gasteiger partial charge in [-0.2, -0.15) is 0 Å². The highest BCUT2D eigenvalue weighted by Crippen LogP contribution is 2.22. The second-order valence-corrected chi connectivity index (χ2v) is 5.47. The van der Waals surface area contributed by atoms with Gasteiger partial charge in [-0.3, -0.25) is 9.59 Å². The van der Waals surface area contributed by atoms with E-state index < -0.39 is 5.97 Å². The van der Waals surface area contributed by atoms with E-state index in [-0.39, 0.29) is 16.5 Å². The predicted molar refractivity (Wildman–Crippen MR) is 49.5 cm³/mol. The number of Topliss-reactive ketones (excluding diaryl/α,β-unsaturated/α-hetero) is 1. The molecule has 0 spiro atoms. The smallest absolute Gasteiger partial charge is 0.310 e. The second kappa shape index (κ2) is 4.60. The van der Waals surface area contributed by atoms with E-state index in [9.17, 15) is 9.59 Å². The Morgan fingerprint density at radius 2 is 1.92 bits per heavy atom. The molecule has 0 fully saturated rings. The number of alkyl halides is 1. The Hall–Kier alpha value is -0.380. The molecule has 0 aliphatic rings. The molecule has 1 N–H and O–H groups in total. The van der Waals surface area contributed by atoms with Crippen LogP contribution in [0.1, 0.15) is 33.1 Å². The van der Waals surface area contributed by atoms with Crippen molar-refractivity contribution in [2.24, 2.45) is 0 Å². The summed E-state index contributed by atoms with van der Waals surface area (Å²) in [4.78, 5) is 21.0. The lowest BCUT2D eigenvalue weighted by atomic mass is 10.0. The third kappa shape index (κ3) is 7.72. The molecule has 0 rings (SSSR count). The molecule has 0 aliphatic carbocycles. The average Bonchev–Trinajstić information content (AvgIpc) is 1.80. The lowest BCUT2D eigenvalue weighted by molar-refractivity contribution is -0.140. The van der Waals surface area contributed by atoms with Crippen LogP contribution in [0.2, 0.25) is 0 Å². The number of hydrogen-bond acceptors (Lipinski definition) is 2. The first-order valence-corrected chi connectivity index (χ1v) is 4.53. The van der Waals surface area contributed by atoms with Crippen LogP contribution in [0, 0.1) is 0 Å². The van der Waals surface area contributed by atoms with Crippen molar-refractivity contribution in [3.8, 4) is 0 Å². The monoisotopic (exact) mass is 236 g/mol. The van der Waals surface area contributed by atoms with Crippen molar-refractivity contribution in [1.29, 1.82) is 0 Å². The van der Waals surface area contributed by atoms with Crippen molar-refractivity contribution >= 4 is 27.7 Å². The number of carboxylic acids is 1. The van der Waals surface area contributed by atoms with Crippen LogP contribution in [0.5, 0.6) is 0 Å². The molecule has 12 heavy (non-hydrogen) atoms. The molecule has 0 amide bonds. The maximum absolute atomic E-state index is 10.9. The van der Waals surface area contributed by atoms with Gasteiger partial charge in [0, 0.05) is 10.7 Å². The maximum atomic E-state index is 10.9. The van der Waals surface area contributed by atoms with Crippen molar-refractivity contribution in [2.45, 2.75) is 37.4 Å². The minimum atomic E-state index is -1.05. The molecule has 0 bridgehead atoms. The van der Waals surface area contributed by atoms with Gasteiger partial charge in [-0.15, -0.1) is 0 Å². The fraction of sp³-hybridized carbons (Fsp3) is 0.750. The van der Waals surface area contributed by atoms with Gasteiger partial charge in [0.05, 0.1) is 0 Å². The lowest BCUT2D eigenvalue weighted by Crippen LogP contribution is -2.14. The van der Waals surface area contributed by atoms with E-state index in [1.165, 1.54) is 0 Å². The van der Waals surface area contributed by atoms with Crippen LogP contribution in [-0.2, 0) is 9.59 Å². The van der Waals surface area contributed by atoms with Crippen LogP contribution in [0.3, 0.4) is 0 Å². The summed E-state index contributed by atoms with van der Waals surface area (Å²) in [5.41, 5.74) is 0. The van der Waals surface area contributed by atoms with E-state index in [0.29, 0.717) is 12.8 Å². The van der Waals surface area contributed by atoms with Crippen LogP contribution in [0.15, 0.2) is 0 Å². The van der Waals surface area contributed by atoms with Gasteiger partial charge in [0.25, 0.3) is 0 Å². The zero-order chi connectivity index (χ0) is 9.78. The average molecular weight is 237 g/mol. The highest BCUT2D eigenvalue weighted by molar-refractivity contribution is 9.10. The Kier molecular flexibility index (Phi) is 4.45. The van der Waals surface area contributed by atoms with Crippen molar-refractivity contribution < 1.29 is 14.7 Å². The van der Waals surface area contributed by atoms with E-state index in [4.69, 9.17) is 5.11 Å². The molecule has 0 radical (unpaired) electrons. The van der Waals surface area contributed by atoms with Gasteiger partial charge in [-0.05, 0) is 6.42 Å². The Labute approximate surface area is 80.3 Å². The number of carboxylic acid groups (broad SMARTS) is 1. The summed E-state index contributed by atoms with van der Waals surface area (Å²) in [6.45, 7) is 3.89. The van der Waals surface area contributed by atoms with Gasteiger partial charge < -0.3 is 5.11 Å². The maximum Gasteiger partial charge on any atom is 0.310 e. The molecule has 0 atom stereocenters. The third-order valence-electron chi connectivity index (χ3n) is 1.35. The van der Waals surface area contributed by atoms with Crippen LogP contribution in [0.4, 0.5) is 0 Å². The van der Waals surface area contributed by atoms with Crippen LogP contribution in [-0.4, -0.2) is 21.2 Å². The summed E-state index contributed by atoms with van der Waals surface area (Å²) >= 11 is 3.37. The summed E-state index contributed by atoms with van der Waals surface area (Å²) in [7, 11) is 0. The number of rotatable bonds is 5. The Balaban J connectivity index is 3.65. The number of hydrogen-bond donors (Lipinski definition) is 1. The second-order valence-electron chi connectivity index (χ2n) is 3.33. The molecule has 0 heterocycles. The van der Waals surface area contributed by atoms with E-state index >= 15 is 0 Å². The molecule has 0 aromatic heterocycles. The molecule has 0 aromatic rings. The van der Waals surface area contributed by atoms with E-state index in [1.807, 2.05) is 13.8 Å². The SMILES string of the molecule is CC(C)(Br)CCC(=O)CC(=O)O. The Bertz CT molecular complexity index is 181. The summed E-state index contributed by atoms with van der Waals surface area (Å²) in [5.74, 6) is -1.26. The summed E-state index contributed by atoms with van der Waals surface area (Å²) < 4.78 is -0.0822. The van der Waals surface area contributed by atoms with Crippen molar-refractivity contribution in [2.75, 3.05) is 0 Å². The minimum absolute atomic E-state index is 0.0822. The van der Waals surface area contributed by atoms with Gasteiger partial charge in [-0.1, -0.05) is 29.8 Å². The molecule has 0 aliphatic heterocycles. The fourth-order valence-corrected chi connectivity index (χ4v) is 0.892. The molecular weight excluding hydrogens is 224 g/mol. The topological polar surface area (TPSA) is 54.4 Å². The molecular formula is C8H13BrO3. The lowest BCUT2D eigenvalue weighted by Gasteiger charge is -2.14. The van der Waals surface area contributed by atoms with Crippen LogP contribution in [0.25, 0.3) is 0 Å². The summed E-state index contributed by atoms with van der Waals surface area (Å²) in [6.07, 6.45) is 0.632. The first kappa shape index (κ1) is 11.6. The van der Waals surface area contributed by atoms with Crippen LogP contribution >= 0.6 is 15.9 Å². The normalized spacial score (nSPS) is 11.2. The molecule has 4 heteroatoms. The van der Waals surface area contributed by atoms with Crippen molar-refractivity contribution in [3.05, 3.63) is 0 Å². The zero-order valence-corrected chi connectivity index (χ0v) is 8.85. The van der Waals surface area contributed by atoms with E-state index in [2.05, 4.69) is 15.9 Å². The van der Waals surface area contributed by atoms with Gasteiger partial charge in [-0.25, -0.2) is 0 Å². The van der Waals surface area contributed by atoms with Crippen LogP contribution < -0.4 is 0 Å². The van der Waals surface area contributed by atoms with E-state index in [1.54, 1.807) is 0 Å². The Morgan fingerprint density at radius 3 is 2.25 bits per heavy atom. The van der Waals surface area contributed by atoms with Gasteiger partial charge >= 0.3 is 5.97 Å². The zero-order valence-electron chi connectivity index (χ0n) is 7.26. The van der Waals surface area contributed by atoms with E-state index in [0.717, 1.165) is 0 Å². The van der Waals surface area contributed by atoms with Gasteiger partial charge in [0.2, 0.25) is 0 Å². The number of halogens is 1. The summed E-state index contributed by atoms with van der Waals surface area (Å²) in [6, 6.07) is 0. The standard InChI is InChI=1S/C8H13BrO3/c1-8(2,9)4-3-6(10)5-7(11)12/h3-5H2,1-2H3,(H,11,12). The van der Waals surface area contributed by atoms with Gasteiger partial charge in [0.1, 0.15) is 12.2 Å². The third-order valence-corrected chi connectivity index (χ3v) is 1.74. The molecule has 3 nitrogen and oxygen atoms in total. The first-order chi connectivity index (χ1) is 5.31. The van der Waals surface area contributed by atoms with Gasteiger partial charge in [0.15, 0.2) is 0 Å². The number of carbonyl (C=O) groups excluding carboxylic acids is 1. The number of aliphatic carboxylic acids is 1. The van der Waals surface area contributed by atoms with Crippen molar-refractivity contribution in [1.82, 2.24) is 0 Å². The molecule has 0 unspecified atom stereocenters. The first-order valence-electron chi connectivity index (χ1n) is 3.74.